The van der Waals surface area contributed by atoms with Crippen LogP contribution in [0.5, 0.6) is 11.5 Å². The predicted molar refractivity (Wildman–Crippen MR) is 144 cm³/mol. The van der Waals surface area contributed by atoms with E-state index in [1.54, 1.807) is 18.2 Å². The van der Waals surface area contributed by atoms with Gasteiger partial charge < -0.3 is 14.4 Å². The van der Waals surface area contributed by atoms with Gasteiger partial charge in [0.1, 0.15) is 29.8 Å². The fourth-order valence-electron chi connectivity index (χ4n) is 4.15. The Kier molecular flexibility index (Phi) is 7.65. The van der Waals surface area contributed by atoms with Crippen molar-refractivity contribution in [2.45, 2.75) is 25.7 Å². The Morgan fingerprint density at radius 2 is 1.65 bits per heavy atom. The lowest BCUT2D eigenvalue weighted by atomic mass is 10.1. The number of hydrogen-bond donors (Lipinski definition) is 1. The lowest BCUT2D eigenvalue weighted by molar-refractivity contribution is -0.130. The number of likely N-dealkylation sites (tertiary alicyclic amines) is 1. The van der Waals surface area contributed by atoms with Gasteiger partial charge in [-0.2, -0.15) is 15.1 Å². The van der Waals surface area contributed by atoms with Gasteiger partial charge in [0.15, 0.2) is 5.84 Å². The van der Waals surface area contributed by atoms with E-state index >= 15 is 0 Å². The summed E-state index contributed by atoms with van der Waals surface area (Å²) in [5.74, 6) is 0.934. The van der Waals surface area contributed by atoms with Gasteiger partial charge >= 0.3 is 0 Å². The first-order chi connectivity index (χ1) is 18.1. The predicted octanol–water partition coefficient (Wildman–Crippen LogP) is 4.17. The highest BCUT2D eigenvalue weighted by Crippen LogP contribution is 2.30. The Labute approximate surface area is 219 Å². The monoisotopic (exact) mass is 517 g/mol. The highest BCUT2D eigenvalue weighted by molar-refractivity contribution is 8.27. The number of nitrogens with one attached hydrogen (secondary N) is 1. The number of nitrogens with zero attached hydrogens (tertiary/aromatic N) is 4. The Morgan fingerprint density at radius 3 is 2.35 bits per heavy atom. The maximum absolute atomic E-state index is 12.7. The van der Waals surface area contributed by atoms with Crippen LogP contribution >= 0.6 is 11.8 Å². The van der Waals surface area contributed by atoms with Gasteiger partial charge in [-0.1, -0.05) is 30.3 Å². The SMILES string of the molecule is N=C1C(=Cc2ccc(OCCOc3ccccc3)cc2)C(=O)N=C2SC(CC(=O)N3CCCCC3)=NN12. The molecule has 3 aliphatic heterocycles. The number of piperidine rings is 1. The minimum atomic E-state index is -0.499. The molecule has 10 heteroatoms. The summed E-state index contributed by atoms with van der Waals surface area (Å²) in [4.78, 5) is 31.3. The number of hydrogen-bond acceptors (Lipinski definition) is 7. The van der Waals surface area contributed by atoms with Crippen LogP contribution < -0.4 is 9.47 Å². The zero-order chi connectivity index (χ0) is 25.6. The van der Waals surface area contributed by atoms with E-state index < -0.39 is 5.91 Å². The number of rotatable bonds is 8. The molecule has 2 amide bonds. The van der Waals surface area contributed by atoms with Gasteiger partial charge in [0.05, 0.1) is 12.0 Å². The third-order valence-electron chi connectivity index (χ3n) is 6.06. The standard InChI is InChI=1S/C27H27N5O4S/c28-25-22(17-19-9-11-21(12-10-19)36-16-15-35-20-7-3-1-4-8-20)26(34)29-27-32(25)30-23(37-27)18-24(33)31-13-5-2-6-14-31/h1,3-4,7-12,17,28H,2,5-6,13-16,18H2. The van der Waals surface area contributed by atoms with Crippen molar-refractivity contribution in [1.29, 1.82) is 5.41 Å². The topological polar surface area (TPSA) is 108 Å². The second kappa shape index (κ2) is 11.4. The Morgan fingerprint density at radius 1 is 0.973 bits per heavy atom. The summed E-state index contributed by atoms with van der Waals surface area (Å²) in [6, 6.07) is 16.8. The molecular formula is C27H27N5O4S. The molecule has 37 heavy (non-hydrogen) atoms. The molecule has 0 aliphatic carbocycles. The van der Waals surface area contributed by atoms with Crippen molar-refractivity contribution < 1.29 is 19.1 Å². The van der Waals surface area contributed by atoms with Crippen LogP contribution in [0.4, 0.5) is 0 Å². The number of para-hydroxylation sites is 1. The number of hydrazone groups is 1. The zero-order valence-corrected chi connectivity index (χ0v) is 21.1. The first kappa shape index (κ1) is 24.8. The van der Waals surface area contributed by atoms with Gasteiger partial charge in [-0.15, -0.1) is 0 Å². The molecule has 1 saturated heterocycles. The van der Waals surface area contributed by atoms with Crippen LogP contribution in [0, 0.1) is 5.41 Å². The number of fused-ring (bicyclic) bond motifs is 1. The number of aliphatic imine (C=N–C) groups is 1. The molecule has 5 rings (SSSR count). The number of benzene rings is 2. The molecule has 3 aliphatic rings. The average molecular weight is 518 g/mol. The number of amides is 2. The molecule has 3 heterocycles. The molecule has 0 bridgehead atoms. The normalized spacial score (nSPS) is 18.4. The number of carbonyl (C=O) groups is 2. The molecule has 1 N–H and O–H groups in total. The van der Waals surface area contributed by atoms with Crippen LogP contribution in [-0.2, 0) is 9.59 Å². The van der Waals surface area contributed by atoms with Gasteiger partial charge in [-0.3, -0.25) is 15.0 Å². The summed E-state index contributed by atoms with van der Waals surface area (Å²) >= 11 is 1.18. The molecule has 2 aromatic rings. The first-order valence-electron chi connectivity index (χ1n) is 12.2. The zero-order valence-electron chi connectivity index (χ0n) is 20.3. The molecule has 0 spiro atoms. The van der Waals surface area contributed by atoms with Crippen LogP contribution in [0.3, 0.4) is 0 Å². The Hall–Kier alpha value is -3.92. The number of amidine groups is 2. The quantitative estimate of drug-likeness (QED) is 0.416. The van der Waals surface area contributed by atoms with E-state index in [1.807, 2.05) is 47.4 Å². The second-order valence-electron chi connectivity index (χ2n) is 8.71. The van der Waals surface area contributed by atoms with Crippen molar-refractivity contribution in [2.75, 3.05) is 26.3 Å². The van der Waals surface area contributed by atoms with Crippen molar-refractivity contribution in [3.8, 4) is 11.5 Å². The van der Waals surface area contributed by atoms with E-state index in [0.29, 0.717) is 29.2 Å². The van der Waals surface area contributed by atoms with Gasteiger partial charge in [0.2, 0.25) is 11.1 Å². The molecule has 1 fully saturated rings. The van der Waals surface area contributed by atoms with Crippen molar-refractivity contribution >= 4 is 45.7 Å². The molecule has 9 nitrogen and oxygen atoms in total. The molecule has 0 unspecified atom stereocenters. The van der Waals surface area contributed by atoms with Crippen LogP contribution in [0.25, 0.3) is 6.08 Å². The van der Waals surface area contributed by atoms with Crippen LogP contribution in [0.2, 0.25) is 0 Å². The molecule has 2 aromatic carbocycles. The minimum absolute atomic E-state index is 0.0222. The summed E-state index contributed by atoms with van der Waals surface area (Å²) in [7, 11) is 0. The number of carbonyl (C=O) groups excluding carboxylic acids is 2. The smallest absolute Gasteiger partial charge is 0.283 e. The van der Waals surface area contributed by atoms with Gasteiger partial charge in [-0.25, -0.2) is 0 Å². The van der Waals surface area contributed by atoms with E-state index in [1.165, 1.54) is 16.8 Å². The summed E-state index contributed by atoms with van der Waals surface area (Å²) in [5, 5.41) is 15.2. The van der Waals surface area contributed by atoms with E-state index in [2.05, 4.69) is 10.1 Å². The first-order valence-corrected chi connectivity index (χ1v) is 13.1. The van der Waals surface area contributed by atoms with Gasteiger partial charge in [0.25, 0.3) is 5.91 Å². The highest BCUT2D eigenvalue weighted by Gasteiger charge is 2.36. The van der Waals surface area contributed by atoms with Gasteiger partial charge in [0, 0.05) is 13.1 Å². The summed E-state index contributed by atoms with van der Waals surface area (Å²) in [6.45, 7) is 2.35. The van der Waals surface area contributed by atoms with E-state index in [0.717, 1.165) is 43.7 Å². The summed E-state index contributed by atoms with van der Waals surface area (Å²) in [6.07, 6.45) is 4.96. The van der Waals surface area contributed by atoms with Crippen molar-refractivity contribution in [1.82, 2.24) is 9.91 Å². The number of thioether (sulfide) groups is 1. The maximum atomic E-state index is 12.7. The summed E-state index contributed by atoms with van der Waals surface area (Å²) in [5.41, 5.74) is 0.873. The lowest BCUT2D eigenvalue weighted by Gasteiger charge is -2.26. The maximum Gasteiger partial charge on any atom is 0.283 e. The van der Waals surface area contributed by atoms with E-state index in [9.17, 15) is 9.59 Å². The molecule has 0 saturated carbocycles. The third-order valence-corrected chi connectivity index (χ3v) is 6.97. The van der Waals surface area contributed by atoms with Crippen molar-refractivity contribution in [2.24, 2.45) is 10.1 Å². The van der Waals surface area contributed by atoms with Crippen LogP contribution in [0.15, 0.2) is 70.3 Å². The fraction of sp³-hybridized carbons (Fsp3) is 0.296. The number of ether oxygens (including phenoxy) is 2. The molecule has 0 radical (unpaired) electrons. The molecule has 0 atom stereocenters. The highest BCUT2D eigenvalue weighted by atomic mass is 32.2. The van der Waals surface area contributed by atoms with E-state index in [-0.39, 0.29) is 23.7 Å². The lowest BCUT2D eigenvalue weighted by Crippen LogP contribution is -2.36. The van der Waals surface area contributed by atoms with Crippen molar-refractivity contribution in [3.63, 3.8) is 0 Å². The van der Waals surface area contributed by atoms with E-state index in [4.69, 9.17) is 14.9 Å². The van der Waals surface area contributed by atoms with Gasteiger partial charge in [-0.05, 0) is 66.9 Å². The largest absolute Gasteiger partial charge is 0.490 e. The van der Waals surface area contributed by atoms with Crippen molar-refractivity contribution in [3.05, 3.63) is 65.7 Å². The molecule has 0 aromatic heterocycles. The second-order valence-corrected chi connectivity index (χ2v) is 9.75. The fourth-order valence-corrected chi connectivity index (χ4v) is 5.03. The minimum Gasteiger partial charge on any atom is -0.490 e. The molecule has 190 valence electrons. The molecular weight excluding hydrogens is 490 g/mol. The summed E-state index contributed by atoms with van der Waals surface area (Å²) < 4.78 is 11.3. The Balaban J connectivity index is 1.18. The average Bonchev–Trinajstić information content (AvgIpc) is 3.33. The third kappa shape index (κ3) is 6.08. The van der Waals surface area contributed by atoms with Crippen LogP contribution in [0.1, 0.15) is 31.2 Å². The van der Waals surface area contributed by atoms with Crippen LogP contribution in [-0.4, -0.2) is 64.1 Å². The Bertz CT molecular complexity index is 1270.